The predicted molar refractivity (Wildman–Crippen MR) is 59.1 cm³/mol. The lowest BCUT2D eigenvalue weighted by atomic mass is 10.2. The lowest BCUT2D eigenvalue weighted by Crippen LogP contribution is -1.83. The van der Waals surface area contributed by atoms with Crippen molar-refractivity contribution in [3.8, 4) is 6.07 Å². The summed E-state index contributed by atoms with van der Waals surface area (Å²) in [7, 11) is 0. The van der Waals surface area contributed by atoms with Crippen LogP contribution in [0.2, 0.25) is 0 Å². The summed E-state index contributed by atoms with van der Waals surface area (Å²) >= 11 is 1.31. The molecule has 80 valence electrons. The minimum atomic E-state index is 0.456. The zero-order chi connectivity index (χ0) is 11.5. The Labute approximate surface area is 97.3 Å². The first-order valence-electron chi connectivity index (χ1n) is 4.68. The first kappa shape index (κ1) is 10.7. The lowest BCUT2D eigenvalue weighted by molar-refractivity contribution is 0.429. The first-order valence-corrected chi connectivity index (χ1v) is 5.49. The second-order valence-electron chi connectivity index (χ2n) is 3.30. The van der Waals surface area contributed by atoms with Gasteiger partial charge in [-0.3, -0.25) is 0 Å². The van der Waals surface area contributed by atoms with E-state index in [1.54, 1.807) is 6.92 Å². The molecule has 5 heteroatoms. The minimum Gasteiger partial charge on any atom is -0.416 e. The van der Waals surface area contributed by atoms with Gasteiger partial charge in [0.05, 0.1) is 5.56 Å². The van der Waals surface area contributed by atoms with Gasteiger partial charge in [-0.15, -0.1) is 10.2 Å². The smallest absolute Gasteiger partial charge is 0.281 e. The molecule has 1 aromatic heterocycles. The van der Waals surface area contributed by atoms with E-state index in [0.29, 0.717) is 16.7 Å². The Morgan fingerprint density at radius 1 is 1.31 bits per heavy atom. The molecule has 0 aliphatic carbocycles. The highest BCUT2D eigenvalue weighted by Crippen LogP contribution is 2.29. The van der Waals surface area contributed by atoms with E-state index in [-0.39, 0.29) is 0 Å². The van der Waals surface area contributed by atoms with Crippen molar-refractivity contribution in [1.29, 1.82) is 5.26 Å². The molecule has 2 rings (SSSR count). The molecule has 0 saturated carbocycles. The molecular formula is C11H9N3OS. The van der Waals surface area contributed by atoms with Gasteiger partial charge in [0.2, 0.25) is 5.89 Å². The fourth-order valence-corrected chi connectivity index (χ4v) is 2.02. The summed E-state index contributed by atoms with van der Waals surface area (Å²) in [6, 6.07) is 7.83. The molecule has 0 aliphatic heterocycles. The van der Waals surface area contributed by atoms with Crippen molar-refractivity contribution >= 4 is 11.8 Å². The molecule has 4 nitrogen and oxygen atoms in total. The Hall–Kier alpha value is -1.80. The van der Waals surface area contributed by atoms with Gasteiger partial charge >= 0.3 is 0 Å². The molecule has 2 aromatic rings. The van der Waals surface area contributed by atoms with Gasteiger partial charge in [0.15, 0.2) is 0 Å². The van der Waals surface area contributed by atoms with E-state index < -0.39 is 0 Å². The van der Waals surface area contributed by atoms with Crippen LogP contribution in [0, 0.1) is 25.2 Å². The second-order valence-corrected chi connectivity index (χ2v) is 4.29. The van der Waals surface area contributed by atoms with Crippen LogP contribution < -0.4 is 0 Å². The Balaban J connectivity index is 2.31. The average molecular weight is 231 g/mol. The number of hydrogen-bond acceptors (Lipinski definition) is 5. The molecule has 1 aromatic carbocycles. The predicted octanol–water partition coefficient (Wildman–Crippen LogP) is 2.71. The van der Waals surface area contributed by atoms with Crippen LogP contribution >= 0.6 is 11.8 Å². The number of hydrogen-bond donors (Lipinski definition) is 0. The Bertz CT molecular complexity index is 557. The summed E-state index contributed by atoms with van der Waals surface area (Å²) in [5.41, 5.74) is 1.68. The van der Waals surface area contributed by atoms with E-state index in [9.17, 15) is 0 Å². The van der Waals surface area contributed by atoms with Gasteiger partial charge in [-0.2, -0.15) is 5.26 Å². The van der Waals surface area contributed by atoms with Gasteiger partial charge < -0.3 is 4.42 Å². The molecule has 1 heterocycles. The fourth-order valence-electron chi connectivity index (χ4n) is 1.23. The summed E-state index contributed by atoms with van der Waals surface area (Å²) in [6.45, 7) is 3.68. The quantitative estimate of drug-likeness (QED) is 0.795. The van der Waals surface area contributed by atoms with Gasteiger partial charge in [0, 0.05) is 11.8 Å². The van der Waals surface area contributed by atoms with Crippen molar-refractivity contribution in [1.82, 2.24) is 10.2 Å². The normalized spacial score (nSPS) is 10.1. The molecule has 0 amide bonds. The zero-order valence-corrected chi connectivity index (χ0v) is 9.71. The third-order valence-corrected chi connectivity index (χ3v) is 2.88. The van der Waals surface area contributed by atoms with Crippen LogP contribution in [-0.2, 0) is 0 Å². The fraction of sp³-hybridized carbons (Fsp3) is 0.182. The number of aromatic nitrogens is 2. The van der Waals surface area contributed by atoms with Crippen LogP contribution in [0.1, 0.15) is 17.0 Å². The van der Waals surface area contributed by atoms with Crippen molar-refractivity contribution in [2.75, 3.05) is 0 Å². The molecule has 0 unspecified atom stereocenters. The van der Waals surface area contributed by atoms with Gasteiger partial charge in [0.25, 0.3) is 5.22 Å². The summed E-state index contributed by atoms with van der Waals surface area (Å²) in [6.07, 6.45) is 0. The van der Waals surface area contributed by atoms with E-state index in [1.807, 2.05) is 25.1 Å². The maximum atomic E-state index is 9.00. The van der Waals surface area contributed by atoms with E-state index >= 15 is 0 Å². The summed E-state index contributed by atoms with van der Waals surface area (Å²) in [5, 5.41) is 17.1. The van der Waals surface area contributed by atoms with E-state index in [2.05, 4.69) is 16.3 Å². The first-order chi connectivity index (χ1) is 7.69. The number of nitriles is 1. The highest BCUT2D eigenvalue weighted by molar-refractivity contribution is 7.99. The number of nitrogens with zero attached hydrogens (tertiary/aromatic N) is 3. The molecule has 0 fully saturated rings. The molecule has 0 spiro atoms. The van der Waals surface area contributed by atoms with Crippen molar-refractivity contribution in [2.24, 2.45) is 0 Å². The van der Waals surface area contributed by atoms with Crippen molar-refractivity contribution in [3.05, 3.63) is 35.2 Å². The molecular weight excluding hydrogens is 222 g/mol. The average Bonchev–Trinajstić information content (AvgIpc) is 2.67. The minimum absolute atomic E-state index is 0.456. The maximum absolute atomic E-state index is 9.00. The Kier molecular flexibility index (Phi) is 2.93. The van der Waals surface area contributed by atoms with Crippen LogP contribution in [0.5, 0.6) is 0 Å². The topological polar surface area (TPSA) is 62.7 Å². The van der Waals surface area contributed by atoms with E-state index in [0.717, 1.165) is 10.5 Å². The summed E-state index contributed by atoms with van der Waals surface area (Å²) in [4.78, 5) is 0.830. The van der Waals surface area contributed by atoms with Crippen LogP contribution in [0.25, 0.3) is 0 Å². The number of benzene rings is 1. The lowest BCUT2D eigenvalue weighted by Gasteiger charge is -2.00. The summed E-state index contributed by atoms with van der Waals surface area (Å²) in [5.74, 6) is 0.521. The third-order valence-electron chi connectivity index (χ3n) is 1.96. The molecule has 0 aliphatic rings. The van der Waals surface area contributed by atoms with Gasteiger partial charge in [-0.25, -0.2) is 0 Å². The van der Waals surface area contributed by atoms with Crippen molar-refractivity contribution in [3.63, 3.8) is 0 Å². The number of rotatable bonds is 2. The zero-order valence-electron chi connectivity index (χ0n) is 8.89. The van der Waals surface area contributed by atoms with E-state index in [4.69, 9.17) is 9.68 Å². The maximum Gasteiger partial charge on any atom is 0.281 e. The van der Waals surface area contributed by atoms with Crippen LogP contribution in [0.4, 0.5) is 0 Å². The third kappa shape index (κ3) is 2.23. The summed E-state index contributed by atoms with van der Waals surface area (Å²) < 4.78 is 5.25. The van der Waals surface area contributed by atoms with Gasteiger partial charge in [0.1, 0.15) is 6.07 Å². The monoisotopic (exact) mass is 231 g/mol. The second kappa shape index (κ2) is 4.37. The standard InChI is InChI=1S/C11H9N3OS/c1-7-3-4-10(9(5-7)6-12)16-11-14-13-8(2)15-11/h3-5H,1-2H3. The van der Waals surface area contributed by atoms with Gasteiger partial charge in [-0.05, 0) is 36.4 Å². The van der Waals surface area contributed by atoms with Crippen LogP contribution in [0.15, 0.2) is 32.7 Å². The van der Waals surface area contributed by atoms with Crippen molar-refractivity contribution in [2.45, 2.75) is 24.0 Å². The molecule has 16 heavy (non-hydrogen) atoms. The highest BCUT2D eigenvalue weighted by Gasteiger charge is 2.09. The Morgan fingerprint density at radius 3 is 2.75 bits per heavy atom. The van der Waals surface area contributed by atoms with E-state index in [1.165, 1.54) is 11.8 Å². The molecule has 0 saturated heterocycles. The number of aryl methyl sites for hydroxylation is 2. The molecule has 0 bridgehead atoms. The van der Waals surface area contributed by atoms with Crippen LogP contribution in [-0.4, -0.2) is 10.2 Å². The van der Waals surface area contributed by atoms with Crippen molar-refractivity contribution < 1.29 is 4.42 Å². The largest absolute Gasteiger partial charge is 0.416 e. The SMILES string of the molecule is Cc1ccc(Sc2nnc(C)o2)c(C#N)c1. The molecule has 0 N–H and O–H groups in total. The highest BCUT2D eigenvalue weighted by atomic mass is 32.2. The molecule has 0 radical (unpaired) electrons. The Morgan fingerprint density at radius 2 is 2.12 bits per heavy atom. The molecule has 0 atom stereocenters. The van der Waals surface area contributed by atoms with Crippen LogP contribution in [0.3, 0.4) is 0 Å². The van der Waals surface area contributed by atoms with Gasteiger partial charge in [-0.1, -0.05) is 6.07 Å².